The van der Waals surface area contributed by atoms with Crippen molar-refractivity contribution in [2.24, 2.45) is 5.92 Å². The average molecular weight is 574 g/mol. The van der Waals surface area contributed by atoms with Gasteiger partial charge in [0.05, 0.1) is 25.5 Å². The molecule has 2 N–H and O–H groups in total. The number of nitrogens with zero attached hydrogens (tertiary/aromatic N) is 2. The van der Waals surface area contributed by atoms with E-state index in [4.69, 9.17) is 14.2 Å². The topological polar surface area (TPSA) is 101 Å². The van der Waals surface area contributed by atoms with Crippen molar-refractivity contribution in [2.75, 3.05) is 38.9 Å². The van der Waals surface area contributed by atoms with E-state index >= 15 is 0 Å². The highest BCUT2D eigenvalue weighted by Gasteiger charge is 2.31. The lowest BCUT2D eigenvalue weighted by molar-refractivity contribution is -0.134. The van der Waals surface area contributed by atoms with Gasteiger partial charge < -0.3 is 29.5 Å². The number of nitrogens with one attached hydrogen (secondary N) is 1. The Kier molecular flexibility index (Phi) is 9.29. The molecule has 0 unspecified atom stereocenters. The number of carbonyl (C=O) groups excluding carboxylic acids is 2. The van der Waals surface area contributed by atoms with Crippen LogP contribution in [-0.4, -0.2) is 72.4 Å². The van der Waals surface area contributed by atoms with Gasteiger partial charge in [-0.2, -0.15) is 0 Å². The Hall–Kier alpha value is -4.08. The molecule has 0 aromatic heterocycles. The molecule has 0 radical (unpaired) electrons. The summed E-state index contributed by atoms with van der Waals surface area (Å²) in [6.45, 7) is 5.78. The normalized spacial score (nSPS) is 18.9. The summed E-state index contributed by atoms with van der Waals surface area (Å²) in [5, 5.41) is 12.9. The summed E-state index contributed by atoms with van der Waals surface area (Å²) < 4.78 is 17.6. The standard InChI is InChI=1S/C33H39N3O6/c1-22-17-36(23(2)20-37)33(39)16-26-15-27(34-32(38)14-24-7-5-4-6-8-24)10-12-28(26)42-31(22)19-35(3)18-25-9-11-29-30(13-25)41-21-40-29/h4-13,15,22-23,31,37H,14,16-21H2,1-3H3,(H,34,38)/t22-,23-,31-/m0/s1. The minimum absolute atomic E-state index is 0.0154. The van der Waals surface area contributed by atoms with Gasteiger partial charge in [0.1, 0.15) is 11.9 Å². The van der Waals surface area contributed by atoms with Crippen molar-refractivity contribution < 1.29 is 28.9 Å². The molecule has 0 aliphatic carbocycles. The molecule has 0 saturated heterocycles. The Morgan fingerprint density at radius 2 is 1.81 bits per heavy atom. The number of hydrogen-bond acceptors (Lipinski definition) is 7. The number of benzene rings is 3. The van der Waals surface area contributed by atoms with Gasteiger partial charge in [-0.3, -0.25) is 14.5 Å². The molecule has 5 rings (SSSR count). The van der Waals surface area contributed by atoms with Crippen molar-refractivity contribution in [3.8, 4) is 17.2 Å². The molecule has 3 atom stereocenters. The molecule has 0 fully saturated rings. The fourth-order valence-electron chi connectivity index (χ4n) is 5.43. The van der Waals surface area contributed by atoms with Crippen molar-refractivity contribution in [3.05, 3.63) is 83.4 Å². The van der Waals surface area contributed by atoms with Crippen molar-refractivity contribution in [3.63, 3.8) is 0 Å². The Morgan fingerprint density at radius 3 is 2.60 bits per heavy atom. The Bertz CT molecular complexity index is 1400. The number of anilines is 1. The third-order valence-electron chi connectivity index (χ3n) is 7.79. The van der Waals surface area contributed by atoms with E-state index in [9.17, 15) is 14.7 Å². The maximum atomic E-state index is 13.5. The summed E-state index contributed by atoms with van der Waals surface area (Å²) in [4.78, 5) is 30.2. The highest BCUT2D eigenvalue weighted by Crippen LogP contribution is 2.33. The van der Waals surface area contributed by atoms with Crippen molar-refractivity contribution >= 4 is 17.5 Å². The highest BCUT2D eigenvalue weighted by molar-refractivity contribution is 5.92. The first-order chi connectivity index (χ1) is 20.3. The van der Waals surface area contributed by atoms with E-state index in [-0.39, 0.29) is 56.1 Å². The molecule has 2 amide bonds. The summed E-state index contributed by atoms with van der Waals surface area (Å²) in [7, 11) is 2.04. The molecule has 3 aromatic carbocycles. The molecule has 42 heavy (non-hydrogen) atoms. The molecular weight excluding hydrogens is 534 g/mol. The van der Waals surface area contributed by atoms with Crippen LogP contribution in [0.15, 0.2) is 66.7 Å². The van der Waals surface area contributed by atoms with Crippen LogP contribution in [0.5, 0.6) is 17.2 Å². The predicted octanol–water partition coefficient (Wildman–Crippen LogP) is 3.88. The van der Waals surface area contributed by atoms with E-state index < -0.39 is 0 Å². The third kappa shape index (κ3) is 7.21. The largest absolute Gasteiger partial charge is 0.488 e. The summed E-state index contributed by atoms with van der Waals surface area (Å²) >= 11 is 0. The van der Waals surface area contributed by atoms with E-state index in [1.807, 2.05) is 80.7 Å². The summed E-state index contributed by atoms with van der Waals surface area (Å²) in [5.74, 6) is 1.89. The predicted molar refractivity (Wildman–Crippen MR) is 160 cm³/mol. The van der Waals surface area contributed by atoms with Gasteiger partial charge in [0.25, 0.3) is 0 Å². The molecule has 2 heterocycles. The maximum absolute atomic E-state index is 13.5. The van der Waals surface area contributed by atoms with E-state index in [1.54, 1.807) is 4.90 Å². The van der Waals surface area contributed by atoms with Crippen LogP contribution in [0.2, 0.25) is 0 Å². The summed E-state index contributed by atoms with van der Waals surface area (Å²) in [6.07, 6.45) is 0.125. The summed E-state index contributed by atoms with van der Waals surface area (Å²) in [5.41, 5.74) is 3.33. The highest BCUT2D eigenvalue weighted by atomic mass is 16.7. The van der Waals surface area contributed by atoms with Gasteiger partial charge in [0, 0.05) is 36.8 Å². The summed E-state index contributed by atoms with van der Waals surface area (Å²) in [6, 6.07) is 20.7. The van der Waals surface area contributed by atoms with E-state index in [1.165, 1.54) is 0 Å². The van der Waals surface area contributed by atoms with Crippen LogP contribution in [0.3, 0.4) is 0 Å². The molecule has 222 valence electrons. The molecule has 9 heteroatoms. The van der Waals surface area contributed by atoms with Crippen molar-refractivity contribution in [1.82, 2.24) is 9.80 Å². The number of likely N-dealkylation sites (N-methyl/N-ethyl adjacent to an activating group) is 1. The minimum atomic E-state index is -0.331. The van der Waals surface area contributed by atoms with Crippen LogP contribution in [0.1, 0.15) is 30.5 Å². The number of ether oxygens (including phenoxy) is 3. The van der Waals surface area contributed by atoms with Gasteiger partial charge in [0.15, 0.2) is 11.5 Å². The minimum Gasteiger partial charge on any atom is -0.488 e. The van der Waals surface area contributed by atoms with Crippen LogP contribution < -0.4 is 19.5 Å². The second kappa shape index (κ2) is 13.3. The van der Waals surface area contributed by atoms with Gasteiger partial charge in [-0.25, -0.2) is 0 Å². The third-order valence-corrected chi connectivity index (χ3v) is 7.79. The number of carbonyl (C=O) groups is 2. The fourth-order valence-corrected chi connectivity index (χ4v) is 5.43. The Balaban J connectivity index is 1.35. The monoisotopic (exact) mass is 573 g/mol. The number of amides is 2. The number of hydrogen-bond donors (Lipinski definition) is 2. The first kappa shape index (κ1) is 29.4. The lowest BCUT2D eigenvalue weighted by Crippen LogP contribution is -2.47. The second-order valence-corrected chi connectivity index (χ2v) is 11.3. The van der Waals surface area contributed by atoms with Crippen LogP contribution in [0.4, 0.5) is 5.69 Å². The molecular formula is C33H39N3O6. The first-order valence-corrected chi connectivity index (χ1v) is 14.4. The fraction of sp³-hybridized carbons (Fsp3) is 0.394. The van der Waals surface area contributed by atoms with Gasteiger partial charge in [-0.1, -0.05) is 43.3 Å². The molecule has 3 aromatic rings. The van der Waals surface area contributed by atoms with Crippen LogP contribution in [0.25, 0.3) is 0 Å². The van der Waals surface area contributed by atoms with Crippen LogP contribution in [0, 0.1) is 5.92 Å². The van der Waals surface area contributed by atoms with Crippen LogP contribution >= 0.6 is 0 Å². The number of aliphatic hydroxyl groups excluding tert-OH is 1. The van der Waals surface area contributed by atoms with E-state index in [2.05, 4.69) is 17.1 Å². The molecule has 0 bridgehead atoms. The van der Waals surface area contributed by atoms with E-state index in [0.29, 0.717) is 36.6 Å². The zero-order chi connectivity index (χ0) is 29.6. The smallest absolute Gasteiger partial charge is 0.231 e. The van der Waals surface area contributed by atoms with Crippen molar-refractivity contribution in [1.29, 1.82) is 0 Å². The molecule has 0 spiro atoms. The molecule has 0 saturated carbocycles. The van der Waals surface area contributed by atoms with Crippen LogP contribution in [-0.2, 0) is 29.0 Å². The Morgan fingerprint density at radius 1 is 1.05 bits per heavy atom. The zero-order valence-electron chi connectivity index (χ0n) is 24.4. The Labute approximate surface area is 247 Å². The molecule has 2 aliphatic heterocycles. The maximum Gasteiger partial charge on any atom is 0.231 e. The molecule has 9 nitrogen and oxygen atoms in total. The van der Waals surface area contributed by atoms with E-state index in [0.717, 1.165) is 22.6 Å². The number of rotatable bonds is 9. The number of aliphatic hydroxyl groups is 1. The van der Waals surface area contributed by atoms with Gasteiger partial charge in [-0.05, 0) is 55.4 Å². The van der Waals surface area contributed by atoms with Gasteiger partial charge >= 0.3 is 0 Å². The quantitative estimate of drug-likeness (QED) is 0.401. The SMILES string of the molecule is C[C@H]1CN([C@@H](C)CO)C(=O)Cc2cc(NC(=O)Cc3ccccc3)ccc2O[C@H]1CN(C)Cc1ccc2c(c1)OCO2. The second-order valence-electron chi connectivity index (χ2n) is 11.3. The number of fused-ring (bicyclic) bond motifs is 2. The zero-order valence-corrected chi connectivity index (χ0v) is 24.4. The van der Waals surface area contributed by atoms with Gasteiger partial charge in [0.2, 0.25) is 18.6 Å². The average Bonchev–Trinajstić information content (AvgIpc) is 3.45. The first-order valence-electron chi connectivity index (χ1n) is 14.4. The molecule has 2 aliphatic rings. The lowest BCUT2D eigenvalue weighted by Gasteiger charge is -2.34. The van der Waals surface area contributed by atoms with Crippen molar-refractivity contribution in [2.45, 2.75) is 45.4 Å². The van der Waals surface area contributed by atoms with Gasteiger partial charge in [-0.15, -0.1) is 0 Å². The lowest BCUT2D eigenvalue weighted by atomic mass is 10.0.